The molecule has 6 nitrogen and oxygen atoms in total. The Hall–Kier alpha value is -1.14. The standard InChI is InChI=1S/C17H32N4O2/c1-6-19-7-9-20(10-8-19)14(22)15(23)21-16(2,3)11-13(18)12-17(21,4)5/h13H,6-12,18H2,1-5H3. The van der Waals surface area contributed by atoms with Gasteiger partial charge in [-0.2, -0.15) is 0 Å². The van der Waals surface area contributed by atoms with Crippen LogP contribution in [0.4, 0.5) is 0 Å². The molecule has 2 amide bonds. The maximum absolute atomic E-state index is 13.0. The Morgan fingerprint density at radius 2 is 1.43 bits per heavy atom. The lowest BCUT2D eigenvalue weighted by Crippen LogP contribution is -2.67. The molecule has 0 radical (unpaired) electrons. The number of piperazine rings is 1. The molecule has 2 rings (SSSR count). The van der Waals surface area contributed by atoms with Crippen LogP contribution in [0.5, 0.6) is 0 Å². The number of nitrogens with two attached hydrogens (primary N) is 1. The summed E-state index contributed by atoms with van der Waals surface area (Å²) in [6.07, 6.45) is 1.44. The molecule has 6 heteroatoms. The van der Waals surface area contributed by atoms with E-state index in [1.165, 1.54) is 0 Å². The zero-order chi connectivity index (χ0) is 17.4. The first-order valence-corrected chi connectivity index (χ1v) is 8.70. The summed E-state index contributed by atoms with van der Waals surface area (Å²) in [5.41, 5.74) is 5.35. The summed E-state index contributed by atoms with van der Waals surface area (Å²) in [6, 6.07) is 0.0623. The van der Waals surface area contributed by atoms with Crippen molar-refractivity contribution in [1.29, 1.82) is 0 Å². The van der Waals surface area contributed by atoms with Crippen LogP contribution >= 0.6 is 0 Å². The van der Waals surface area contributed by atoms with Crippen LogP contribution in [0.1, 0.15) is 47.5 Å². The van der Waals surface area contributed by atoms with Gasteiger partial charge < -0.3 is 20.4 Å². The third kappa shape index (κ3) is 3.69. The highest BCUT2D eigenvalue weighted by atomic mass is 16.2. The smallest absolute Gasteiger partial charge is 0.312 e. The van der Waals surface area contributed by atoms with E-state index in [-0.39, 0.29) is 17.9 Å². The van der Waals surface area contributed by atoms with Gasteiger partial charge in [0.25, 0.3) is 0 Å². The highest BCUT2D eigenvalue weighted by Crippen LogP contribution is 2.38. The molecule has 0 bridgehead atoms. The average molecular weight is 324 g/mol. The van der Waals surface area contributed by atoms with Crippen LogP contribution in [0.2, 0.25) is 0 Å². The fourth-order valence-electron chi connectivity index (χ4n) is 4.41. The Kier molecular flexibility index (Phi) is 5.06. The number of hydrogen-bond donors (Lipinski definition) is 1. The lowest BCUT2D eigenvalue weighted by Gasteiger charge is -2.54. The third-order valence-electron chi connectivity index (χ3n) is 5.23. The van der Waals surface area contributed by atoms with Crippen molar-refractivity contribution in [1.82, 2.24) is 14.7 Å². The van der Waals surface area contributed by atoms with Crippen molar-refractivity contribution >= 4 is 11.8 Å². The molecule has 2 N–H and O–H groups in total. The van der Waals surface area contributed by atoms with Crippen LogP contribution in [0.25, 0.3) is 0 Å². The Labute approximate surface area is 140 Å². The van der Waals surface area contributed by atoms with Crippen LogP contribution in [0.15, 0.2) is 0 Å². The zero-order valence-corrected chi connectivity index (χ0v) is 15.3. The molecule has 2 saturated heterocycles. The maximum atomic E-state index is 13.0. The van der Waals surface area contributed by atoms with Gasteiger partial charge in [0.05, 0.1) is 0 Å². The van der Waals surface area contributed by atoms with Gasteiger partial charge in [0.1, 0.15) is 0 Å². The van der Waals surface area contributed by atoms with Crippen LogP contribution in [0, 0.1) is 0 Å². The number of likely N-dealkylation sites (N-methyl/N-ethyl adjacent to an activating group) is 1. The first-order chi connectivity index (χ1) is 10.6. The number of nitrogens with zero attached hydrogens (tertiary/aromatic N) is 3. The quantitative estimate of drug-likeness (QED) is 0.719. The molecule has 0 saturated carbocycles. The molecule has 0 unspecified atom stereocenters. The van der Waals surface area contributed by atoms with E-state index >= 15 is 0 Å². The van der Waals surface area contributed by atoms with Gasteiger partial charge in [0.2, 0.25) is 0 Å². The summed E-state index contributed by atoms with van der Waals surface area (Å²) in [5, 5.41) is 0. The molecule has 0 aromatic carbocycles. The molecule has 0 aromatic heterocycles. The summed E-state index contributed by atoms with van der Waals surface area (Å²) in [6.45, 7) is 14.1. The second kappa shape index (κ2) is 6.40. The Balaban J connectivity index is 2.13. The van der Waals surface area contributed by atoms with Crippen LogP contribution in [0.3, 0.4) is 0 Å². The van der Waals surface area contributed by atoms with E-state index in [0.717, 1.165) is 32.5 Å². The molecular formula is C17H32N4O2. The van der Waals surface area contributed by atoms with Gasteiger partial charge in [-0.05, 0) is 47.1 Å². The minimum absolute atomic E-state index is 0.0623. The molecule has 132 valence electrons. The van der Waals surface area contributed by atoms with Crippen molar-refractivity contribution in [3.8, 4) is 0 Å². The number of likely N-dealkylation sites (tertiary alicyclic amines) is 1. The molecule has 23 heavy (non-hydrogen) atoms. The van der Waals surface area contributed by atoms with Crippen molar-refractivity contribution in [2.24, 2.45) is 5.73 Å². The van der Waals surface area contributed by atoms with Gasteiger partial charge in [0, 0.05) is 43.3 Å². The van der Waals surface area contributed by atoms with E-state index in [9.17, 15) is 9.59 Å². The van der Waals surface area contributed by atoms with E-state index in [2.05, 4.69) is 11.8 Å². The van der Waals surface area contributed by atoms with Crippen LogP contribution < -0.4 is 5.73 Å². The second-order valence-corrected chi connectivity index (χ2v) is 8.16. The van der Waals surface area contributed by atoms with Crippen molar-refractivity contribution in [3.05, 3.63) is 0 Å². The Bertz CT molecular complexity index is 449. The first kappa shape index (κ1) is 18.2. The van der Waals surface area contributed by atoms with Crippen LogP contribution in [-0.2, 0) is 9.59 Å². The SMILES string of the molecule is CCN1CCN(C(=O)C(=O)N2C(C)(C)CC(N)CC2(C)C)CC1. The maximum Gasteiger partial charge on any atom is 0.312 e. The average Bonchev–Trinajstić information content (AvgIpc) is 2.43. The van der Waals surface area contributed by atoms with E-state index < -0.39 is 11.1 Å². The fraction of sp³-hybridized carbons (Fsp3) is 0.882. The molecular weight excluding hydrogens is 292 g/mol. The monoisotopic (exact) mass is 324 g/mol. The van der Waals surface area contributed by atoms with Crippen molar-refractivity contribution in [3.63, 3.8) is 0 Å². The molecule has 2 heterocycles. The summed E-state index contributed by atoms with van der Waals surface area (Å²) in [4.78, 5) is 31.5. The number of hydrogen-bond acceptors (Lipinski definition) is 4. The summed E-state index contributed by atoms with van der Waals surface area (Å²) in [5.74, 6) is -0.741. The van der Waals surface area contributed by atoms with E-state index in [0.29, 0.717) is 13.1 Å². The highest BCUT2D eigenvalue weighted by Gasteiger charge is 2.49. The number of carbonyl (C=O) groups excluding carboxylic acids is 2. The fourth-order valence-corrected chi connectivity index (χ4v) is 4.41. The molecule has 0 spiro atoms. The predicted octanol–water partition coefficient (Wildman–Crippen LogP) is 0.657. The zero-order valence-electron chi connectivity index (χ0n) is 15.3. The normalized spacial score (nSPS) is 25.5. The minimum atomic E-state index is -0.404. The molecule has 0 aliphatic carbocycles. The van der Waals surface area contributed by atoms with E-state index in [1.54, 1.807) is 9.80 Å². The number of carbonyl (C=O) groups is 2. The highest BCUT2D eigenvalue weighted by molar-refractivity contribution is 6.35. The molecule has 2 aliphatic heterocycles. The van der Waals surface area contributed by atoms with E-state index in [4.69, 9.17) is 5.73 Å². The first-order valence-electron chi connectivity index (χ1n) is 8.70. The van der Waals surface area contributed by atoms with Crippen molar-refractivity contribution < 1.29 is 9.59 Å². The number of rotatable bonds is 1. The third-order valence-corrected chi connectivity index (χ3v) is 5.23. The van der Waals surface area contributed by atoms with Gasteiger partial charge in [-0.15, -0.1) is 0 Å². The number of piperidine rings is 1. The van der Waals surface area contributed by atoms with Gasteiger partial charge >= 0.3 is 11.8 Å². The summed E-state index contributed by atoms with van der Waals surface area (Å²) >= 11 is 0. The minimum Gasteiger partial charge on any atom is -0.332 e. The van der Waals surface area contributed by atoms with Crippen molar-refractivity contribution in [2.45, 2.75) is 64.6 Å². The van der Waals surface area contributed by atoms with Gasteiger partial charge in [-0.25, -0.2) is 0 Å². The molecule has 2 fully saturated rings. The largest absolute Gasteiger partial charge is 0.332 e. The second-order valence-electron chi connectivity index (χ2n) is 8.16. The molecule has 2 aliphatic rings. The Morgan fingerprint density at radius 1 is 0.957 bits per heavy atom. The van der Waals surface area contributed by atoms with E-state index in [1.807, 2.05) is 27.7 Å². The van der Waals surface area contributed by atoms with Crippen LogP contribution in [-0.4, -0.2) is 76.4 Å². The van der Waals surface area contributed by atoms with Gasteiger partial charge in [-0.3, -0.25) is 9.59 Å². The topological polar surface area (TPSA) is 69.9 Å². The lowest BCUT2D eigenvalue weighted by atomic mass is 9.77. The van der Waals surface area contributed by atoms with Gasteiger partial charge in [0.15, 0.2) is 0 Å². The lowest BCUT2D eigenvalue weighted by molar-refractivity contribution is -0.164. The number of amides is 2. The predicted molar refractivity (Wildman–Crippen MR) is 90.9 cm³/mol. The molecule has 0 aromatic rings. The Morgan fingerprint density at radius 3 is 1.87 bits per heavy atom. The summed E-state index contributed by atoms with van der Waals surface area (Å²) in [7, 11) is 0. The van der Waals surface area contributed by atoms with Crippen molar-refractivity contribution in [2.75, 3.05) is 32.7 Å². The summed E-state index contributed by atoms with van der Waals surface area (Å²) < 4.78 is 0. The molecule has 0 atom stereocenters. The van der Waals surface area contributed by atoms with Gasteiger partial charge in [-0.1, -0.05) is 6.92 Å².